The van der Waals surface area contributed by atoms with E-state index in [2.05, 4.69) is 33.8 Å². The van der Waals surface area contributed by atoms with Crippen LogP contribution < -0.4 is 21.3 Å². The first-order valence-electron chi connectivity index (χ1n) is 17.1. The van der Waals surface area contributed by atoms with Crippen LogP contribution in [0, 0.1) is 0 Å². The first kappa shape index (κ1) is 65.5. The van der Waals surface area contributed by atoms with Crippen LogP contribution in [0.1, 0.15) is 7.43 Å². The van der Waals surface area contributed by atoms with Gasteiger partial charge in [-0.3, -0.25) is 9.59 Å². The number of hydrogen-bond donors (Lipinski definition) is 4. The van der Waals surface area contributed by atoms with Gasteiger partial charge in [0.15, 0.2) is 49.1 Å². The number of carbonyl (C=O) groups is 4. The van der Waals surface area contributed by atoms with Gasteiger partial charge in [0.25, 0.3) is 0 Å². The smallest absolute Gasteiger partial charge is 0.409 e. The van der Waals surface area contributed by atoms with E-state index < -0.39 is 98.5 Å². The minimum atomic E-state index is -3.31. The first-order valence-corrected chi connectivity index (χ1v) is 33.6. The fourth-order valence-electron chi connectivity index (χ4n) is 3.22. The lowest BCUT2D eigenvalue weighted by molar-refractivity contribution is -0.144. The third kappa shape index (κ3) is 51.8. The average Bonchev–Trinajstić information content (AvgIpc) is 3.13. The molecule has 0 aliphatic carbocycles. The lowest BCUT2D eigenvalue weighted by Gasteiger charge is -2.21. The molecule has 370 valence electrons. The van der Waals surface area contributed by atoms with Gasteiger partial charge in [0, 0.05) is 74.2 Å². The van der Waals surface area contributed by atoms with Gasteiger partial charge in [-0.2, -0.15) is 0 Å². The van der Waals surface area contributed by atoms with Crippen molar-refractivity contribution in [2.24, 2.45) is 0 Å². The second-order valence-electron chi connectivity index (χ2n) is 11.2. The van der Waals surface area contributed by atoms with Crippen LogP contribution in [0.25, 0.3) is 0 Å². The van der Waals surface area contributed by atoms with E-state index >= 15 is 0 Å². The van der Waals surface area contributed by atoms with E-state index in [1.807, 2.05) is 0 Å². The van der Waals surface area contributed by atoms with Crippen molar-refractivity contribution >= 4 is 124 Å². The van der Waals surface area contributed by atoms with Gasteiger partial charge in [0.05, 0.1) is 26.4 Å². The van der Waals surface area contributed by atoms with E-state index in [4.69, 9.17) is 33.2 Å². The van der Waals surface area contributed by atoms with Crippen molar-refractivity contribution in [2.45, 2.75) is 19.6 Å². The SMILES string of the molecule is C.CS(=O)(=O)SCCNC(=O)COCC(COCC(COCC(=O)NCCSS(C)(=O)=O)OCOC(=O)NCCSS(C)(=O)=O)OCOC(=O)NCCSS(C)(=O)=O.CSSC. The largest absolute Gasteiger partial charge is 0.422 e. The summed E-state index contributed by atoms with van der Waals surface area (Å²) in [4.78, 5) is 48.2. The summed E-state index contributed by atoms with van der Waals surface area (Å²) in [5.74, 6) is -0.771. The quantitative estimate of drug-likeness (QED) is 0.0380. The monoisotopic (exact) mass is 1090 g/mol. The Morgan fingerprint density at radius 2 is 0.742 bits per heavy atom. The van der Waals surface area contributed by atoms with Crippen molar-refractivity contribution in [3.8, 4) is 0 Å². The molecule has 0 radical (unpaired) electrons. The van der Waals surface area contributed by atoms with E-state index in [-0.39, 0.29) is 83.0 Å². The predicted molar refractivity (Wildman–Crippen MR) is 250 cm³/mol. The molecule has 0 aromatic carbocycles. The normalized spacial score (nSPS) is 12.7. The van der Waals surface area contributed by atoms with Crippen LogP contribution in [0.2, 0.25) is 0 Å². The summed E-state index contributed by atoms with van der Waals surface area (Å²) in [7, 11) is -7.07. The molecule has 33 heteroatoms. The number of hydrogen-bond acceptors (Lipinski definition) is 25. The Balaban J connectivity index is -0.00000664. The second-order valence-corrected chi connectivity index (χ2v) is 32.2. The lowest BCUT2D eigenvalue weighted by atomic mass is 10.3. The molecule has 2 atom stereocenters. The number of rotatable bonds is 35. The first-order chi connectivity index (χ1) is 28.4. The Kier molecular flexibility index (Phi) is 40.4. The zero-order valence-electron chi connectivity index (χ0n) is 34.3. The van der Waals surface area contributed by atoms with E-state index in [0.29, 0.717) is 43.2 Å². The van der Waals surface area contributed by atoms with Crippen molar-refractivity contribution in [3.05, 3.63) is 0 Å². The molecule has 2 unspecified atom stereocenters. The summed E-state index contributed by atoms with van der Waals surface area (Å²) in [5.41, 5.74) is 0. The fourth-order valence-corrected chi connectivity index (χ4v) is 9.80. The average molecular weight is 1090 g/mol. The molecule has 0 aromatic rings. The number of amides is 4. The highest BCUT2D eigenvalue weighted by Gasteiger charge is 2.18. The number of alkyl carbamates (subject to hydrolysis) is 2. The van der Waals surface area contributed by atoms with Gasteiger partial charge >= 0.3 is 12.2 Å². The molecule has 23 nitrogen and oxygen atoms in total. The fraction of sp³-hybridized carbons (Fsp3) is 0.862. The highest BCUT2D eigenvalue weighted by Crippen LogP contribution is 2.10. The van der Waals surface area contributed by atoms with Gasteiger partial charge in [0.1, 0.15) is 25.4 Å². The molecule has 0 fully saturated rings. The minimum absolute atomic E-state index is 0. The highest BCUT2D eigenvalue weighted by molar-refractivity contribution is 8.76. The zero-order valence-corrected chi connectivity index (χ0v) is 42.5. The molecule has 0 aliphatic rings. The molecule has 0 saturated heterocycles. The molecular formula is C29H60N4O19S10. The highest BCUT2D eigenvalue weighted by atomic mass is 33.2. The van der Waals surface area contributed by atoms with Crippen LogP contribution in [-0.4, -0.2) is 210 Å². The lowest BCUT2D eigenvalue weighted by Crippen LogP contribution is -2.36. The van der Waals surface area contributed by atoms with Gasteiger partial charge in [-0.1, -0.05) is 29.0 Å². The summed E-state index contributed by atoms with van der Waals surface area (Å²) >= 11 is 0. The van der Waals surface area contributed by atoms with Gasteiger partial charge < -0.3 is 54.4 Å². The molecule has 0 aliphatic heterocycles. The predicted octanol–water partition coefficient (Wildman–Crippen LogP) is 0.441. The maximum atomic E-state index is 12.1. The number of ether oxygens (including phenoxy) is 7. The van der Waals surface area contributed by atoms with Crippen LogP contribution in [0.4, 0.5) is 9.59 Å². The maximum absolute atomic E-state index is 12.1. The number of carbonyl (C=O) groups excluding carboxylic acids is 4. The van der Waals surface area contributed by atoms with Crippen molar-refractivity contribution in [1.82, 2.24) is 21.3 Å². The van der Waals surface area contributed by atoms with Crippen molar-refractivity contribution in [3.63, 3.8) is 0 Å². The second kappa shape index (κ2) is 38.3. The molecule has 0 aromatic heterocycles. The Labute approximate surface area is 388 Å². The molecule has 62 heavy (non-hydrogen) atoms. The van der Waals surface area contributed by atoms with Gasteiger partial charge in [0.2, 0.25) is 11.8 Å². The number of nitrogens with one attached hydrogen (secondary N) is 4. The Hall–Kier alpha value is -0.820. The van der Waals surface area contributed by atoms with Gasteiger partial charge in [-0.25, -0.2) is 43.3 Å². The van der Waals surface area contributed by atoms with Crippen LogP contribution in [0.3, 0.4) is 0 Å². The van der Waals surface area contributed by atoms with Crippen molar-refractivity contribution < 1.29 is 86.0 Å². The van der Waals surface area contributed by atoms with Crippen LogP contribution in [-0.2, 0) is 78.2 Å². The molecule has 4 N–H and O–H groups in total. The zero-order chi connectivity index (χ0) is 46.8. The summed E-state index contributed by atoms with van der Waals surface area (Å²) in [6.45, 7) is -3.17. The molecule has 0 bridgehead atoms. The summed E-state index contributed by atoms with van der Waals surface area (Å²) < 4.78 is 127. The molecule has 0 saturated carbocycles. The third-order valence-electron chi connectivity index (χ3n) is 5.62. The summed E-state index contributed by atoms with van der Waals surface area (Å²) in [5, 5.41) is 9.66. The van der Waals surface area contributed by atoms with E-state index in [0.717, 1.165) is 25.0 Å². The van der Waals surface area contributed by atoms with Crippen LogP contribution in [0.5, 0.6) is 0 Å². The maximum Gasteiger partial charge on any atom is 0.409 e. The Morgan fingerprint density at radius 3 is 1.02 bits per heavy atom. The molecule has 4 amide bonds. The summed E-state index contributed by atoms with van der Waals surface area (Å²) in [6.07, 6.45) is 4.44. The third-order valence-corrected chi connectivity index (χ3v) is 17.3. The molecule has 0 spiro atoms. The van der Waals surface area contributed by atoms with Crippen molar-refractivity contribution in [1.29, 1.82) is 0 Å². The Bertz CT molecular complexity index is 1460. The Morgan fingerprint density at radius 1 is 0.468 bits per heavy atom. The summed E-state index contributed by atoms with van der Waals surface area (Å²) in [6, 6.07) is 0. The van der Waals surface area contributed by atoms with Crippen LogP contribution in [0.15, 0.2) is 0 Å². The molecule has 0 rings (SSSR count). The molecule has 0 heterocycles. The van der Waals surface area contributed by atoms with Gasteiger partial charge in [-0.05, 0) is 55.7 Å². The standard InChI is InChI=1S/C26H50N4O19S8.C2H6S2.CH4/c1-54(35,36)50-9-5-27-23(31)17-44-15-21(46-19-48-25(33)29-7-11-52-56(3,39)40)13-43-14-22(16-45-18-24(32)28-6-10-51-55(2,37)38)47-20-49-26(34)30-8-12-53-57(4,41)42;1-3-4-2;/h21-22H,5-20H2,1-4H3,(H,27,31)(H,28,32)(H,29,33)(H,30,34);1-2H3;1H4. The van der Waals surface area contributed by atoms with E-state index in [1.165, 1.54) is 0 Å². The van der Waals surface area contributed by atoms with Gasteiger partial charge in [-0.15, -0.1) is 0 Å². The van der Waals surface area contributed by atoms with Crippen LogP contribution >= 0.6 is 64.8 Å². The molecular weight excluding hydrogens is 1030 g/mol. The van der Waals surface area contributed by atoms with Crippen molar-refractivity contribution in [2.75, 3.05) is 140 Å². The minimum Gasteiger partial charge on any atom is -0.422 e. The van der Waals surface area contributed by atoms with E-state index in [9.17, 15) is 52.8 Å². The van der Waals surface area contributed by atoms with E-state index in [1.54, 1.807) is 21.6 Å². The topological polar surface area (TPSA) is 318 Å².